The summed E-state index contributed by atoms with van der Waals surface area (Å²) in [5.74, 6) is 0.340. The Bertz CT molecular complexity index is 781. The van der Waals surface area contributed by atoms with Crippen molar-refractivity contribution in [1.82, 2.24) is 9.97 Å². The average molecular weight is 387 g/mol. The van der Waals surface area contributed by atoms with Crippen LogP contribution in [0.1, 0.15) is 36.3 Å². The molecule has 140 valence electrons. The molecule has 0 aliphatic carbocycles. The first-order chi connectivity index (χ1) is 12.2. The molecule has 1 amide bonds. The fraction of sp³-hybridized carbons (Fsp3) is 0.353. The van der Waals surface area contributed by atoms with Gasteiger partial charge in [-0.3, -0.25) is 4.79 Å². The molecule has 1 heterocycles. The number of hydrogen-bond acceptors (Lipinski definition) is 4. The SMILES string of the molecule is CC(C)CCNc1cc(C(=O)Nc2ccc(Cl)c(C(F)(F)F)c2)ncn1. The van der Waals surface area contributed by atoms with Gasteiger partial charge in [0.15, 0.2) is 0 Å². The Hall–Kier alpha value is -2.35. The van der Waals surface area contributed by atoms with Gasteiger partial charge in [-0.2, -0.15) is 13.2 Å². The van der Waals surface area contributed by atoms with E-state index in [9.17, 15) is 18.0 Å². The lowest BCUT2D eigenvalue weighted by Gasteiger charge is -2.12. The predicted octanol–water partition coefficient (Wildman–Crippen LogP) is 4.86. The van der Waals surface area contributed by atoms with Crippen LogP contribution in [0, 0.1) is 5.92 Å². The molecule has 0 aliphatic rings. The zero-order valence-corrected chi connectivity index (χ0v) is 14.9. The summed E-state index contributed by atoms with van der Waals surface area (Å²) in [6.07, 6.45) is -2.47. The molecule has 0 saturated carbocycles. The largest absolute Gasteiger partial charge is 0.417 e. The number of nitrogens with one attached hydrogen (secondary N) is 2. The van der Waals surface area contributed by atoms with Gasteiger partial charge in [-0.1, -0.05) is 25.4 Å². The second kappa shape index (κ2) is 8.35. The Morgan fingerprint density at radius 1 is 1.23 bits per heavy atom. The number of halogens is 4. The van der Waals surface area contributed by atoms with E-state index in [1.54, 1.807) is 0 Å². The quantitative estimate of drug-likeness (QED) is 0.744. The second-order valence-electron chi connectivity index (χ2n) is 6.04. The number of alkyl halides is 3. The Morgan fingerprint density at radius 3 is 2.62 bits per heavy atom. The zero-order valence-electron chi connectivity index (χ0n) is 14.2. The van der Waals surface area contributed by atoms with Crippen molar-refractivity contribution >= 4 is 29.0 Å². The van der Waals surface area contributed by atoms with Gasteiger partial charge in [0, 0.05) is 18.3 Å². The second-order valence-corrected chi connectivity index (χ2v) is 6.45. The fourth-order valence-corrected chi connectivity index (χ4v) is 2.31. The van der Waals surface area contributed by atoms with Crippen LogP contribution in [0.3, 0.4) is 0 Å². The Morgan fingerprint density at radius 2 is 1.96 bits per heavy atom. The third-order valence-electron chi connectivity index (χ3n) is 3.46. The molecule has 0 atom stereocenters. The van der Waals surface area contributed by atoms with Gasteiger partial charge in [0.25, 0.3) is 5.91 Å². The van der Waals surface area contributed by atoms with Crippen LogP contribution in [0.4, 0.5) is 24.7 Å². The number of nitrogens with zero attached hydrogens (tertiary/aromatic N) is 2. The number of hydrogen-bond donors (Lipinski definition) is 2. The molecule has 0 spiro atoms. The van der Waals surface area contributed by atoms with E-state index >= 15 is 0 Å². The molecule has 0 radical (unpaired) electrons. The highest BCUT2D eigenvalue weighted by molar-refractivity contribution is 6.31. The zero-order chi connectivity index (χ0) is 19.3. The van der Waals surface area contributed by atoms with Crippen LogP contribution in [0.2, 0.25) is 5.02 Å². The number of carbonyl (C=O) groups is 1. The van der Waals surface area contributed by atoms with Crippen LogP contribution in [0.5, 0.6) is 0 Å². The standard InChI is InChI=1S/C17H18ClF3N4O/c1-10(2)5-6-22-15-8-14(23-9-24-15)16(26)25-11-3-4-13(18)12(7-11)17(19,20)21/h3-4,7-10H,5-6H2,1-2H3,(H,25,26)(H,22,23,24). The Labute approximate surface area is 154 Å². The monoisotopic (exact) mass is 386 g/mol. The highest BCUT2D eigenvalue weighted by atomic mass is 35.5. The summed E-state index contributed by atoms with van der Waals surface area (Å²) in [6, 6.07) is 4.59. The molecule has 0 saturated heterocycles. The van der Waals surface area contributed by atoms with Crippen molar-refractivity contribution in [1.29, 1.82) is 0 Å². The number of carbonyl (C=O) groups excluding carboxylic acids is 1. The third kappa shape index (κ3) is 5.59. The summed E-state index contributed by atoms with van der Waals surface area (Å²) < 4.78 is 38.7. The van der Waals surface area contributed by atoms with E-state index in [1.807, 2.05) is 0 Å². The van der Waals surface area contributed by atoms with Crippen molar-refractivity contribution in [2.45, 2.75) is 26.4 Å². The van der Waals surface area contributed by atoms with E-state index in [1.165, 1.54) is 18.5 Å². The topological polar surface area (TPSA) is 66.9 Å². The molecule has 0 bridgehead atoms. The Kier molecular flexibility index (Phi) is 6.42. The van der Waals surface area contributed by atoms with E-state index < -0.39 is 22.7 Å². The first-order valence-corrected chi connectivity index (χ1v) is 8.28. The van der Waals surface area contributed by atoms with E-state index in [0.29, 0.717) is 18.3 Å². The van der Waals surface area contributed by atoms with Crippen molar-refractivity contribution in [3.8, 4) is 0 Å². The summed E-state index contributed by atoms with van der Waals surface area (Å²) in [7, 11) is 0. The molecule has 1 aromatic carbocycles. The molecule has 2 rings (SSSR count). The van der Waals surface area contributed by atoms with Gasteiger partial charge in [0.05, 0.1) is 10.6 Å². The van der Waals surface area contributed by atoms with Crippen LogP contribution < -0.4 is 10.6 Å². The van der Waals surface area contributed by atoms with Crippen LogP contribution in [-0.2, 0) is 6.18 Å². The third-order valence-corrected chi connectivity index (χ3v) is 3.79. The van der Waals surface area contributed by atoms with E-state index in [4.69, 9.17) is 11.6 Å². The minimum atomic E-state index is -4.61. The van der Waals surface area contributed by atoms with Gasteiger partial charge in [-0.15, -0.1) is 0 Å². The molecule has 2 N–H and O–H groups in total. The van der Waals surface area contributed by atoms with Gasteiger partial charge in [0.2, 0.25) is 0 Å². The molecular formula is C17H18ClF3N4O. The minimum Gasteiger partial charge on any atom is -0.370 e. The van der Waals surface area contributed by atoms with E-state index in [0.717, 1.165) is 18.6 Å². The lowest BCUT2D eigenvalue weighted by atomic mass is 10.1. The average Bonchev–Trinajstić information content (AvgIpc) is 2.55. The summed E-state index contributed by atoms with van der Waals surface area (Å²) in [5.41, 5.74) is -1.01. The highest BCUT2D eigenvalue weighted by Crippen LogP contribution is 2.36. The van der Waals surface area contributed by atoms with Crippen molar-refractivity contribution in [3.05, 3.63) is 46.9 Å². The summed E-state index contributed by atoms with van der Waals surface area (Å²) in [4.78, 5) is 20.1. The van der Waals surface area contributed by atoms with E-state index in [-0.39, 0.29) is 11.4 Å². The summed E-state index contributed by atoms with van der Waals surface area (Å²) in [6.45, 7) is 4.85. The molecule has 0 unspecified atom stereocenters. The smallest absolute Gasteiger partial charge is 0.370 e. The maximum atomic E-state index is 12.9. The van der Waals surface area contributed by atoms with Crippen LogP contribution in [-0.4, -0.2) is 22.4 Å². The molecule has 9 heteroatoms. The van der Waals surface area contributed by atoms with Crippen molar-refractivity contribution in [3.63, 3.8) is 0 Å². The molecule has 1 aromatic heterocycles. The molecular weight excluding hydrogens is 369 g/mol. The normalized spacial score (nSPS) is 11.5. The Balaban J connectivity index is 2.10. The van der Waals surface area contributed by atoms with Crippen molar-refractivity contribution in [2.24, 2.45) is 5.92 Å². The number of benzene rings is 1. The molecule has 0 aliphatic heterocycles. The number of rotatable bonds is 6. The first kappa shape index (κ1) is 20.0. The number of amides is 1. The maximum absolute atomic E-state index is 12.9. The number of anilines is 2. The van der Waals surface area contributed by atoms with Crippen LogP contribution in [0.15, 0.2) is 30.6 Å². The van der Waals surface area contributed by atoms with Crippen molar-refractivity contribution in [2.75, 3.05) is 17.2 Å². The lowest BCUT2D eigenvalue weighted by Crippen LogP contribution is -2.16. The first-order valence-electron chi connectivity index (χ1n) is 7.91. The molecule has 2 aromatic rings. The van der Waals surface area contributed by atoms with Crippen LogP contribution >= 0.6 is 11.6 Å². The lowest BCUT2D eigenvalue weighted by molar-refractivity contribution is -0.137. The van der Waals surface area contributed by atoms with Gasteiger partial charge < -0.3 is 10.6 Å². The van der Waals surface area contributed by atoms with E-state index in [2.05, 4.69) is 34.4 Å². The van der Waals surface area contributed by atoms with Gasteiger partial charge in [0.1, 0.15) is 17.8 Å². The summed E-state index contributed by atoms with van der Waals surface area (Å²) in [5, 5.41) is 5.02. The van der Waals surface area contributed by atoms with Gasteiger partial charge in [-0.05, 0) is 30.5 Å². The predicted molar refractivity (Wildman–Crippen MR) is 94.4 cm³/mol. The molecule has 5 nitrogen and oxygen atoms in total. The van der Waals surface area contributed by atoms with Gasteiger partial charge >= 0.3 is 6.18 Å². The fourth-order valence-electron chi connectivity index (χ4n) is 2.08. The number of aromatic nitrogens is 2. The maximum Gasteiger partial charge on any atom is 0.417 e. The van der Waals surface area contributed by atoms with Gasteiger partial charge in [-0.25, -0.2) is 9.97 Å². The van der Waals surface area contributed by atoms with Crippen LogP contribution in [0.25, 0.3) is 0 Å². The summed E-state index contributed by atoms with van der Waals surface area (Å²) >= 11 is 5.56. The molecule has 26 heavy (non-hydrogen) atoms. The highest BCUT2D eigenvalue weighted by Gasteiger charge is 2.33. The van der Waals surface area contributed by atoms with Crippen molar-refractivity contribution < 1.29 is 18.0 Å². The minimum absolute atomic E-state index is 0.0281. The molecule has 0 fully saturated rings.